The van der Waals surface area contributed by atoms with Crippen molar-refractivity contribution in [3.05, 3.63) is 87.8 Å². The van der Waals surface area contributed by atoms with E-state index < -0.39 is 6.10 Å². The number of benzene rings is 2. The Hall–Kier alpha value is -2.96. The average Bonchev–Trinajstić information content (AvgIpc) is 2.96. The van der Waals surface area contributed by atoms with Crippen LogP contribution in [0.1, 0.15) is 42.4 Å². The second-order valence-electron chi connectivity index (χ2n) is 8.47. The number of ketones is 1. The van der Waals surface area contributed by atoms with Gasteiger partial charge < -0.3 is 10.4 Å². The number of β-amino-alcohol motifs (C(OH)–C–C–N with tert-alkyl or cyclic N) is 1. The van der Waals surface area contributed by atoms with Crippen molar-refractivity contribution in [1.82, 2.24) is 14.7 Å². The van der Waals surface area contributed by atoms with Crippen LogP contribution in [0, 0.1) is 6.92 Å². The van der Waals surface area contributed by atoms with Gasteiger partial charge in [-0.3, -0.25) is 14.3 Å². The summed E-state index contributed by atoms with van der Waals surface area (Å²) in [5.74, 6) is -0.316. The third-order valence-electron chi connectivity index (χ3n) is 4.91. The van der Waals surface area contributed by atoms with Crippen LogP contribution >= 0.6 is 0 Å². The quantitative estimate of drug-likeness (QED) is 0.591. The van der Waals surface area contributed by atoms with Gasteiger partial charge in [0.15, 0.2) is 5.78 Å². The number of carbonyl (C=O) groups excluding carboxylic acids is 1. The second kappa shape index (κ2) is 8.81. The number of para-hydroxylation sites is 1. The Morgan fingerprint density at radius 1 is 1.03 bits per heavy atom. The maximum absolute atomic E-state index is 13.3. The van der Waals surface area contributed by atoms with Crippen LogP contribution in [0.2, 0.25) is 0 Å². The van der Waals surface area contributed by atoms with Gasteiger partial charge in [0.1, 0.15) is 5.56 Å². The van der Waals surface area contributed by atoms with E-state index in [4.69, 9.17) is 0 Å². The fraction of sp³-hybridized carbons (Fsp3) is 0.333. The van der Waals surface area contributed by atoms with Gasteiger partial charge in [-0.05, 0) is 39.8 Å². The molecule has 3 aromatic rings. The lowest BCUT2D eigenvalue weighted by Gasteiger charge is -2.24. The molecule has 0 saturated carbocycles. The highest BCUT2D eigenvalue weighted by Crippen LogP contribution is 2.16. The number of hydrogen-bond donors (Lipinski definition) is 2. The number of aliphatic hydroxyl groups excluding tert-OH is 1. The molecule has 0 aliphatic heterocycles. The van der Waals surface area contributed by atoms with Gasteiger partial charge >= 0.3 is 0 Å². The Morgan fingerprint density at radius 2 is 1.60 bits per heavy atom. The molecule has 1 heterocycles. The van der Waals surface area contributed by atoms with E-state index in [-0.39, 0.29) is 29.0 Å². The highest BCUT2D eigenvalue weighted by atomic mass is 16.3. The first-order chi connectivity index (χ1) is 14.2. The molecule has 1 unspecified atom stereocenters. The lowest BCUT2D eigenvalue weighted by atomic mass is 10.0. The van der Waals surface area contributed by atoms with Gasteiger partial charge in [-0.25, -0.2) is 4.68 Å². The van der Waals surface area contributed by atoms with Crippen LogP contribution in [-0.4, -0.2) is 38.4 Å². The molecular formula is C24H29N3O3. The molecule has 30 heavy (non-hydrogen) atoms. The predicted octanol–water partition coefficient (Wildman–Crippen LogP) is 2.93. The Balaban J connectivity index is 2.06. The minimum absolute atomic E-state index is 0.126. The van der Waals surface area contributed by atoms with Crippen LogP contribution in [0.3, 0.4) is 0 Å². The van der Waals surface area contributed by atoms with Crippen molar-refractivity contribution < 1.29 is 9.90 Å². The first-order valence-electron chi connectivity index (χ1n) is 10.1. The minimum Gasteiger partial charge on any atom is -0.390 e. The molecule has 0 bridgehead atoms. The number of aliphatic hydroxyl groups is 1. The van der Waals surface area contributed by atoms with Gasteiger partial charge in [0.2, 0.25) is 0 Å². The largest absolute Gasteiger partial charge is 0.390 e. The van der Waals surface area contributed by atoms with E-state index in [1.807, 2.05) is 57.2 Å². The summed E-state index contributed by atoms with van der Waals surface area (Å²) in [6.07, 6.45) is -0.732. The third-order valence-corrected chi connectivity index (χ3v) is 4.91. The number of nitrogens with one attached hydrogen (secondary N) is 1. The van der Waals surface area contributed by atoms with Gasteiger partial charge in [-0.15, -0.1) is 0 Å². The maximum atomic E-state index is 13.3. The fourth-order valence-corrected chi connectivity index (χ4v) is 3.38. The number of carbonyl (C=O) groups is 1. The smallest absolute Gasteiger partial charge is 0.282 e. The van der Waals surface area contributed by atoms with Crippen LogP contribution in [0.4, 0.5) is 0 Å². The van der Waals surface area contributed by atoms with Crippen molar-refractivity contribution >= 4 is 5.78 Å². The summed E-state index contributed by atoms with van der Waals surface area (Å²) in [5, 5.41) is 13.9. The summed E-state index contributed by atoms with van der Waals surface area (Å²) in [4.78, 5) is 26.5. The van der Waals surface area contributed by atoms with E-state index in [9.17, 15) is 14.7 Å². The van der Waals surface area contributed by atoms with Gasteiger partial charge in [-0.2, -0.15) is 0 Å². The Bertz CT molecular complexity index is 1060. The molecule has 2 N–H and O–H groups in total. The zero-order chi connectivity index (χ0) is 21.9. The SMILES string of the molecule is Cc1c(C(=O)c2ccccc2)c(=O)n(-c2ccccc2)n1CC(O)CNC(C)(C)C. The van der Waals surface area contributed by atoms with E-state index >= 15 is 0 Å². The summed E-state index contributed by atoms with van der Waals surface area (Å²) >= 11 is 0. The Morgan fingerprint density at radius 3 is 2.17 bits per heavy atom. The van der Waals surface area contributed by atoms with Crippen molar-refractivity contribution in [1.29, 1.82) is 0 Å². The van der Waals surface area contributed by atoms with Crippen LogP contribution in [0.5, 0.6) is 0 Å². The molecule has 0 spiro atoms. The second-order valence-corrected chi connectivity index (χ2v) is 8.47. The number of hydrogen-bond acceptors (Lipinski definition) is 4. The molecule has 1 aromatic heterocycles. The first kappa shape index (κ1) is 21.7. The van der Waals surface area contributed by atoms with Crippen molar-refractivity contribution in [2.75, 3.05) is 6.54 Å². The Labute approximate surface area is 176 Å². The molecule has 0 saturated heterocycles. The van der Waals surface area contributed by atoms with Crippen LogP contribution < -0.4 is 10.9 Å². The molecule has 0 aliphatic carbocycles. The third kappa shape index (κ3) is 4.78. The summed E-state index contributed by atoms with van der Waals surface area (Å²) in [6.45, 7) is 8.37. The molecule has 0 amide bonds. The summed E-state index contributed by atoms with van der Waals surface area (Å²) in [7, 11) is 0. The molecule has 3 rings (SSSR count). The lowest BCUT2D eigenvalue weighted by Crippen LogP contribution is -2.42. The molecule has 0 fully saturated rings. The zero-order valence-corrected chi connectivity index (χ0v) is 17.9. The normalized spacial score (nSPS) is 12.7. The van der Waals surface area contributed by atoms with E-state index in [1.54, 1.807) is 35.9 Å². The number of nitrogens with zero attached hydrogens (tertiary/aromatic N) is 2. The summed E-state index contributed by atoms with van der Waals surface area (Å²) in [5.41, 5.74) is 1.25. The van der Waals surface area contributed by atoms with Crippen LogP contribution in [0.15, 0.2) is 65.5 Å². The van der Waals surface area contributed by atoms with Crippen molar-refractivity contribution in [2.45, 2.75) is 45.9 Å². The first-order valence-corrected chi connectivity index (χ1v) is 10.1. The van der Waals surface area contributed by atoms with Gasteiger partial charge in [0.05, 0.1) is 18.3 Å². The van der Waals surface area contributed by atoms with E-state index in [0.29, 0.717) is 23.5 Å². The molecule has 1 atom stereocenters. The lowest BCUT2D eigenvalue weighted by molar-refractivity contribution is 0.103. The summed E-state index contributed by atoms with van der Waals surface area (Å²) in [6, 6.07) is 18.0. The molecule has 0 aliphatic rings. The molecule has 0 radical (unpaired) electrons. The van der Waals surface area contributed by atoms with Crippen molar-refractivity contribution in [3.8, 4) is 5.69 Å². The molecular weight excluding hydrogens is 378 g/mol. The highest BCUT2D eigenvalue weighted by molar-refractivity contribution is 6.09. The number of rotatable bonds is 7. The van der Waals surface area contributed by atoms with Gasteiger partial charge in [-0.1, -0.05) is 48.5 Å². The molecule has 2 aromatic carbocycles. The van der Waals surface area contributed by atoms with Crippen molar-refractivity contribution in [3.63, 3.8) is 0 Å². The molecule has 6 nitrogen and oxygen atoms in total. The predicted molar refractivity (Wildman–Crippen MR) is 118 cm³/mol. The average molecular weight is 408 g/mol. The van der Waals surface area contributed by atoms with E-state index in [2.05, 4.69) is 5.32 Å². The van der Waals surface area contributed by atoms with E-state index in [0.717, 1.165) is 0 Å². The molecule has 158 valence electrons. The van der Waals surface area contributed by atoms with Gasteiger partial charge in [0, 0.05) is 23.3 Å². The minimum atomic E-state index is -0.732. The fourth-order valence-electron chi connectivity index (χ4n) is 3.38. The van der Waals surface area contributed by atoms with Crippen LogP contribution in [0.25, 0.3) is 5.69 Å². The summed E-state index contributed by atoms with van der Waals surface area (Å²) < 4.78 is 3.18. The molecule has 6 heteroatoms. The topological polar surface area (TPSA) is 76.3 Å². The van der Waals surface area contributed by atoms with Gasteiger partial charge in [0.25, 0.3) is 5.56 Å². The Kier molecular flexibility index (Phi) is 6.39. The number of aromatic nitrogens is 2. The zero-order valence-electron chi connectivity index (χ0n) is 17.9. The van der Waals surface area contributed by atoms with Crippen LogP contribution in [-0.2, 0) is 6.54 Å². The maximum Gasteiger partial charge on any atom is 0.282 e. The highest BCUT2D eigenvalue weighted by Gasteiger charge is 2.25. The van der Waals surface area contributed by atoms with Crippen molar-refractivity contribution in [2.24, 2.45) is 0 Å². The monoisotopic (exact) mass is 407 g/mol. The standard InChI is InChI=1S/C24H29N3O3/c1-17-21(22(29)18-11-7-5-8-12-18)23(30)27(19-13-9-6-10-14-19)26(17)16-20(28)15-25-24(2,3)4/h5-14,20,25,28H,15-16H2,1-4H3. The van der Waals surface area contributed by atoms with E-state index in [1.165, 1.54) is 4.68 Å².